The van der Waals surface area contributed by atoms with Gasteiger partial charge in [-0.3, -0.25) is 4.79 Å². The number of hydrogen-bond donors (Lipinski definition) is 3. The van der Waals surface area contributed by atoms with Crippen LogP contribution in [0.25, 0.3) is 11.0 Å². The van der Waals surface area contributed by atoms with Crippen molar-refractivity contribution in [2.24, 2.45) is 41.1 Å². The molecule has 1 unspecified atom stereocenters. The predicted molar refractivity (Wildman–Crippen MR) is 116 cm³/mol. The molecule has 0 saturated heterocycles. The lowest BCUT2D eigenvalue weighted by Gasteiger charge is -2.42. The summed E-state index contributed by atoms with van der Waals surface area (Å²) in [6, 6.07) is 5.08. The lowest BCUT2D eigenvalue weighted by Crippen LogP contribution is -2.46. The Hall–Kier alpha value is -2.23. The van der Waals surface area contributed by atoms with Gasteiger partial charge in [0.15, 0.2) is 0 Å². The number of aromatic nitrogens is 2. The van der Waals surface area contributed by atoms with Crippen molar-refractivity contribution >= 4 is 16.9 Å². The number of hydrogen-bond acceptors (Lipinski definition) is 3. The van der Waals surface area contributed by atoms with E-state index in [0.29, 0.717) is 29.7 Å². The number of primary amides is 1. The highest BCUT2D eigenvalue weighted by atomic mass is 19.4. The third-order valence-corrected chi connectivity index (χ3v) is 8.00. The number of nitrogens with two attached hydrogens (primary N) is 2. The topological polar surface area (TPSA) is 97.8 Å². The van der Waals surface area contributed by atoms with Crippen LogP contribution >= 0.6 is 0 Å². The van der Waals surface area contributed by atoms with Crippen molar-refractivity contribution < 1.29 is 26.7 Å². The van der Waals surface area contributed by atoms with Crippen LogP contribution in [-0.2, 0) is 4.79 Å². The first kappa shape index (κ1) is 23.5. The van der Waals surface area contributed by atoms with Gasteiger partial charge < -0.3 is 16.5 Å². The second kappa shape index (κ2) is 8.17. The number of fused-ring (bicyclic) bond motifs is 1. The van der Waals surface area contributed by atoms with Crippen molar-refractivity contribution in [2.75, 3.05) is 0 Å². The fraction of sp³-hybridized carbons (Fsp3) is 0.667. The van der Waals surface area contributed by atoms with Gasteiger partial charge in [0.2, 0.25) is 11.8 Å². The maximum Gasteiger partial charge on any atom is 0.389 e. The molecule has 2 aromatic rings. The van der Waals surface area contributed by atoms with Gasteiger partial charge in [0.25, 0.3) is 0 Å². The number of carbonyl (C=O) groups excluding carboxylic acids is 1. The van der Waals surface area contributed by atoms with Crippen LogP contribution in [0.3, 0.4) is 0 Å². The molecule has 0 radical (unpaired) electrons. The van der Waals surface area contributed by atoms with E-state index < -0.39 is 48.2 Å². The molecule has 186 valence electrons. The Morgan fingerprint density at radius 3 is 2.38 bits per heavy atom. The van der Waals surface area contributed by atoms with Gasteiger partial charge in [-0.25, -0.2) is 13.8 Å². The molecule has 1 amide bonds. The van der Waals surface area contributed by atoms with Crippen LogP contribution in [0.2, 0.25) is 0 Å². The smallest absolute Gasteiger partial charge is 0.369 e. The minimum Gasteiger partial charge on any atom is -0.369 e. The fourth-order valence-electron chi connectivity index (χ4n) is 6.10. The number of alkyl halides is 5. The molecule has 3 fully saturated rings. The highest BCUT2D eigenvalue weighted by Gasteiger charge is 2.54. The molecule has 3 aliphatic carbocycles. The number of imidazole rings is 1. The molecule has 34 heavy (non-hydrogen) atoms. The van der Waals surface area contributed by atoms with Crippen LogP contribution in [-0.4, -0.2) is 28.0 Å². The molecule has 0 aliphatic heterocycles. The van der Waals surface area contributed by atoms with Gasteiger partial charge in [-0.2, -0.15) is 13.2 Å². The van der Waals surface area contributed by atoms with Crippen molar-refractivity contribution in [1.82, 2.24) is 9.97 Å². The zero-order valence-electron chi connectivity index (χ0n) is 18.6. The number of halogens is 5. The summed E-state index contributed by atoms with van der Waals surface area (Å²) in [5.41, 5.74) is 14.3. The molecule has 3 aliphatic rings. The summed E-state index contributed by atoms with van der Waals surface area (Å²) in [6.45, 7) is 0. The number of benzene rings is 1. The Morgan fingerprint density at radius 2 is 1.82 bits per heavy atom. The van der Waals surface area contributed by atoms with Crippen LogP contribution in [0, 0.1) is 29.6 Å². The molecular formula is C24H29F5N4O. The average Bonchev–Trinajstić information content (AvgIpc) is 3.42. The lowest BCUT2D eigenvalue weighted by molar-refractivity contribution is -0.154. The molecule has 5 nitrogen and oxygen atoms in total. The fourth-order valence-corrected chi connectivity index (χ4v) is 6.10. The Kier molecular flexibility index (Phi) is 5.65. The van der Waals surface area contributed by atoms with Crippen LogP contribution in [0.5, 0.6) is 0 Å². The Labute approximate surface area is 193 Å². The molecule has 10 heteroatoms. The molecule has 3 saturated carbocycles. The Balaban J connectivity index is 1.34. The monoisotopic (exact) mass is 484 g/mol. The zero-order chi connectivity index (χ0) is 24.4. The normalized spacial score (nSPS) is 27.6. The summed E-state index contributed by atoms with van der Waals surface area (Å²) in [5.74, 6) is -4.27. The maximum atomic E-state index is 13.6. The van der Waals surface area contributed by atoms with E-state index in [9.17, 15) is 26.7 Å². The third-order valence-electron chi connectivity index (χ3n) is 8.00. The van der Waals surface area contributed by atoms with Crippen molar-refractivity contribution in [3.8, 4) is 0 Å². The van der Waals surface area contributed by atoms with Gasteiger partial charge >= 0.3 is 6.18 Å². The van der Waals surface area contributed by atoms with Crippen LogP contribution in [0.1, 0.15) is 68.3 Å². The van der Waals surface area contributed by atoms with E-state index in [2.05, 4.69) is 9.97 Å². The van der Waals surface area contributed by atoms with Crippen molar-refractivity contribution in [2.45, 2.75) is 69.0 Å². The quantitative estimate of drug-likeness (QED) is 0.450. The molecule has 1 aromatic carbocycles. The molecule has 5 N–H and O–H groups in total. The number of nitrogens with zero attached hydrogens (tertiary/aromatic N) is 1. The summed E-state index contributed by atoms with van der Waals surface area (Å²) in [4.78, 5) is 20.1. The number of amides is 1. The predicted octanol–water partition coefficient (Wildman–Crippen LogP) is 5.18. The SMILES string of the molecule is NC(=O)C(C1CC(F)(F)C1)[C@H](c1ccc2nc([C@@H](N)C3CC(CC(F)(F)F)C3)[nH]c2c1)C1CC1. The van der Waals surface area contributed by atoms with Gasteiger partial charge in [0, 0.05) is 25.2 Å². The second-order valence-corrected chi connectivity index (χ2v) is 10.7. The molecule has 1 aromatic heterocycles. The molecule has 3 atom stereocenters. The number of rotatable bonds is 8. The van der Waals surface area contributed by atoms with Gasteiger partial charge in [-0.15, -0.1) is 0 Å². The largest absolute Gasteiger partial charge is 0.389 e. The summed E-state index contributed by atoms with van der Waals surface area (Å²) in [5, 5.41) is 0. The molecule has 1 heterocycles. The third kappa shape index (κ3) is 4.65. The number of H-pyrrole nitrogens is 1. The maximum absolute atomic E-state index is 13.6. The van der Waals surface area contributed by atoms with E-state index in [-0.39, 0.29) is 30.6 Å². The van der Waals surface area contributed by atoms with Crippen LogP contribution in [0.15, 0.2) is 18.2 Å². The van der Waals surface area contributed by atoms with Gasteiger partial charge in [0.1, 0.15) is 5.82 Å². The summed E-state index contributed by atoms with van der Waals surface area (Å²) in [6.07, 6.45) is -2.89. The van der Waals surface area contributed by atoms with E-state index >= 15 is 0 Å². The molecule has 0 bridgehead atoms. The highest BCUT2D eigenvalue weighted by molar-refractivity contribution is 5.80. The molecule has 5 rings (SSSR count). The van der Waals surface area contributed by atoms with Gasteiger partial charge in [-0.1, -0.05) is 6.07 Å². The second-order valence-electron chi connectivity index (χ2n) is 10.7. The van der Waals surface area contributed by atoms with Crippen molar-refractivity contribution in [3.63, 3.8) is 0 Å². The first-order valence-corrected chi connectivity index (χ1v) is 11.9. The van der Waals surface area contributed by atoms with Crippen LogP contribution in [0.4, 0.5) is 22.0 Å². The van der Waals surface area contributed by atoms with Gasteiger partial charge in [-0.05, 0) is 73.0 Å². The number of nitrogens with one attached hydrogen (secondary N) is 1. The summed E-state index contributed by atoms with van der Waals surface area (Å²) >= 11 is 0. The minimum atomic E-state index is -4.16. The minimum absolute atomic E-state index is 0.0638. The zero-order valence-corrected chi connectivity index (χ0v) is 18.6. The van der Waals surface area contributed by atoms with E-state index in [0.717, 1.165) is 18.4 Å². The first-order valence-electron chi connectivity index (χ1n) is 11.9. The van der Waals surface area contributed by atoms with Crippen molar-refractivity contribution in [3.05, 3.63) is 29.6 Å². The number of aromatic amines is 1. The van der Waals surface area contributed by atoms with E-state index in [1.54, 1.807) is 0 Å². The van der Waals surface area contributed by atoms with Gasteiger partial charge in [0.05, 0.1) is 17.1 Å². The standard InChI is InChI=1S/C24H29F5N4O/c25-23(26)9-15(10-23)19(21(31)34)18(12-1-2-12)13-3-4-16-17(7-13)33-22(32-16)20(30)14-5-11(6-14)8-24(27,28)29/h3-4,7,11-12,14-15,18-20H,1-2,5-6,8-10,30H2,(H2,31,34)(H,32,33)/t11?,14?,18-,19?,20-/m0/s1. The number of carbonyl (C=O) groups is 1. The lowest BCUT2D eigenvalue weighted by atomic mass is 9.65. The molecular weight excluding hydrogens is 455 g/mol. The highest BCUT2D eigenvalue weighted by Crippen LogP contribution is 2.55. The van der Waals surface area contributed by atoms with Crippen LogP contribution < -0.4 is 11.5 Å². The Bertz CT molecular complexity index is 1060. The summed E-state index contributed by atoms with van der Waals surface area (Å²) in [7, 11) is 0. The average molecular weight is 485 g/mol. The van der Waals surface area contributed by atoms with Crippen molar-refractivity contribution in [1.29, 1.82) is 0 Å². The summed E-state index contributed by atoms with van der Waals surface area (Å²) < 4.78 is 64.9. The van der Waals surface area contributed by atoms with E-state index in [4.69, 9.17) is 11.5 Å². The first-order chi connectivity index (χ1) is 15.9. The van der Waals surface area contributed by atoms with E-state index in [1.165, 1.54) is 0 Å². The Morgan fingerprint density at radius 1 is 1.15 bits per heavy atom. The molecule has 0 spiro atoms. The van der Waals surface area contributed by atoms with E-state index in [1.807, 2.05) is 18.2 Å².